The largest absolute Gasteiger partial charge is 0.457 e. The van der Waals surface area contributed by atoms with E-state index in [1.165, 1.54) is 17.7 Å². The molecule has 0 aliphatic heterocycles. The van der Waals surface area contributed by atoms with Crippen LogP contribution in [-0.2, 0) is 6.42 Å². The molecule has 0 bridgehead atoms. The molecule has 0 heterocycles. The average Bonchev–Trinajstić information content (AvgIpc) is 2.40. The Kier molecular flexibility index (Phi) is 5.37. The van der Waals surface area contributed by atoms with Gasteiger partial charge in [-0.1, -0.05) is 35.0 Å². The molecule has 1 unspecified atom stereocenters. The molecule has 0 spiro atoms. The second kappa shape index (κ2) is 7.05. The lowest BCUT2D eigenvalue weighted by molar-refractivity contribution is 0.472. The van der Waals surface area contributed by atoms with E-state index in [0.29, 0.717) is 10.2 Å². The molecule has 0 saturated carbocycles. The molecule has 2 nitrogen and oxygen atoms in total. The summed E-state index contributed by atoms with van der Waals surface area (Å²) in [5.74, 6) is 0.867. The van der Waals surface area contributed by atoms with Gasteiger partial charge in [0.05, 0.1) is 0 Å². The highest BCUT2D eigenvalue weighted by atomic mass is 79.9. The minimum Gasteiger partial charge on any atom is -0.457 e. The Hall–Kier alpha value is -1.39. The Morgan fingerprint density at radius 2 is 2.00 bits per heavy atom. The van der Waals surface area contributed by atoms with Crippen LogP contribution in [0, 0.1) is 12.7 Å². The summed E-state index contributed by atoms with van der Waals surface area (Å²) in [7, 11) is 0. The second-order valence-electron chi connectivity index (χ2n) is 5.18. The quantitative estimate of drug-likeness (QED) is 0.825. The summed E-state index contributed by atoms with van der Waals surface area (Å²) in [4.78, 5) is 0. The third-order valence-electron chi connectivity index (χ3n) is 3.33. The molecule has 2 aromatic carbocycles. The Bertz CT molecular complexity index is 610. The van der Waals surface area contributed by atoms with E-state index >= 15 is 0 Å². The fourth-order valence-electron chi connectivity index (χ4n) is 2.11. The number of hydrogen-bond donors (Lipinski definition) is 1. The van der Waals surface area contributed by atoms with Crippen LogP contribution in [0.5, 0.6) is 11.5 Å². The topological polar surface area (TPSA) is 35.2 Å². The molecule has 0 radical (unpaired) electrons. The first-order valence-corrected chi connectivity index (χ1v) is 7.76. The van der Waals surface area contributed by atoms with Crippen molar-refractivity contribution in [2.75, 3.05) is 0 Å². The van der Waals surface area contributed by atoms with Gasteiger partial charge >= 0.3 is 0 Å². The summed E-state index contributed by atoms with van der Waals surface area (Å²) < 4.78 is 19.8. The van der Waals surface area contributed by atoms with E-state index < -0.39 is 0 Å². The van der Waals surface area contributed by atoms with Crippen LogP contribution in [0.1, 0.15) is 24.5 Å². The fraction of sp³-hybridized carbons (Fsp3) is 0.294. The van der Waals surface area contributed by atoms with E-state index in [9.17, 15) is 4.39 Å². The Morgan fingerprint density at radius 3 is 2.62 bits per heavy atom. The third kappa shape index (κ3) is 4.55. The van der Waals surface area contributed by atoms with Crippen LogP contribution in [0.3, 0.4) is 0 Å². The normalized spacial score (nSPS) is 12.2. The highest BCUT2D eigenvalue weighted by Gasteiger charge is 2.07. The Labute approximate surface area is 133 Å². The first kappa shape index (κ1) is 16.0. The monoisotopic (exact) mass is 351 g/mol. The van der Waals surface area contributed by atoms with Gasteiger partial charge in [0, 0.05) is 16.6 Å². The highest BCUT2D eigenvalue weighted by molar-refractivity contribution is 9.10. The molecule has 0 aromatic heterocycles. The molecule has 112 valence electrons. The molecule has 0 fully saturated rings. The summed E-state index contributed by atoms with van der Waals surface area (Å²) in [5, 5.41) is 0. The van der Waals surface area contributed by atoms with Crippen molar-refractivity contribution in [3.05, 3.63) is 57.8 Å². The molecule has 1 atom stereocenters. The minimum atomic E-state index is -0.331. The van der Waals surface area contributed by atoms with Crippen LogP contribution in [0.25, 0.3) is 0 Å². The lowest BCUT2D eigenvalue weighted by Crippen LogP contribution is -2.21. The van der Waals surface area contributed by atoms with Gasteiger partial charge in [-0.2, -0.15) is 0 Å². The molecule has 21 heavy (non-hydrogen) atoms. The van der Waals surface area contributed by atoms with Crippen LogP contribution in [0.4, 0.5) is 4.39 Å². The van der Waals surface area contributed by atoms with Crippen LogP contribution >= 0.6 is 15.9 Å². The van der Waals surface area contributed by atoms with Gasteiger partial charge in [0.15, 0.2) is 0 Å². The molecule has 0 saturated heterocycles. The summed E-state index contributed by atoms with van der Waals surface area (Å²) in [6.45, 7) is 4.06. The number of hydrogen-bond acceptors (Lipinski definition) is 2. The zero-order chi connectivity index (χ0) is 15.4. The molecule has 2 rings (SSSR count). The number of benzene rings is 2. The van der Waals surface area contributed by atoms with Gasteiger partial charge in [-0.3, -0.25) is 0 Å². The summed E-state index contributed by atoms with van der Waals surface area (Å²) in [6.07, 6.45) is 1.80. The summed E-state index contributed by atoms with van der Waals surface area (Å²) in [5.41, 5.74) is 8.17. The van der Waals surface area contributed by atoms with Gasteiger partial charge in [0.2, 0.25) is 0 Å². The first-order chi connectivity index (χ1) is 9.97. The van der Waals surface area contributed by atoms with Crippen LogP contribution in [-0.4, -0.2) is 6.04 Å². The molecular weight excluding hydrogens is 333 g/mol. The van der Waals surface area contributed by atoms with Crippen molar-refractivity contribution in [1.82, 2.24) is 0 Å². The lowest BCUT2D eigenvalue weighted by atomic mass is 10.0. The number of halogens is 2. The smallest absolute Gasteiger partial charge is 0.131 e. The first-order valence-electron chi connectivity index (χ1n) is 6.97. The molecule has 0 aliphatic rings. The van der Waals surface area contributed by atoms with Crippen molar-refractivity contribution in [2.45, 2.75) is 32.7 Å². The molecule has 2 N–H and O–H groups in total. The van der Waals surface area contributed by atoms with Gasteiger partial charge < -0.3 is 10.5 Å². The minimum absolute atomic E-state index is 0.176. The van der Waals surface area contributed by atoms with Crippen molar-refractivity contribution < 1.29 is 9.13 Å². The van der Waals surface area contributed by atoms with E-state index in [1.807, 2.05) is 19.1 Å². The van der Waals surface area contributed by atoms with E-state index in [4.69, 9.17) is 10.5 Å². The lowest BCUT2D eigenvalue weighted by Gasteiger charge is -2.13. The maximum Gasteiger partial charge on any atom is 0.131 e. The third-order valence-corrected chi connectivity index (χ3v) is 3.78. The maximum absolute atomic E-state index is 13.4. The predicted molar refractivity (Wildman–Crippen MR) is 87.3 cm³/mol. The van der Waals surface area contributed by atoms with Crippen molar-refractivity contribution >= 4 is 15.9 Å². The molecule has 4 heteroatoms. The van der Waals surface area contributed by atoms with Gasteiger partial charge in [-0.05, 0) is 49.1 Å². The van der Waals surface area contributed by atoms with Gasteiger partial charge in [-0.15, -0.1) is 0 Å². The summed E-state index contributed by atoms with van der Waals surface area (Å²) >= 11 is 3.26. The van der Waals surface area contributed by atoms with Gasteiger partial charge in [0.25, 0.3) is 0 Å². The Morgan fingerprint density at radius 1 is 1.24 bits per heavy atom. The van der Waals surface area contributed by atoms with Crippen molar-refractivity contribution in [3.8, 4) is 11.5 Å². The standard InChI is InChI=1S/C17H19BrFNO/c1-3-15(20)7-12-4-5-17(11(2)6-12)21-16-9-13(18)8-14(19)10-16/h4-6,8-10,15H,3,7,20H2,1-2H3. The maximum atomic E-state index is 13.4. The molecule has 0 amide bonds. The van der Waals surface area contributed by atoms with Crippen LogP contribution < -0.4 is 10.5 Å². The summed E-state index contributed by atoms with van der Waals surface area (Å²) in [6, 6.07) is 10.7. The SMILES string of the molecule is CCC(N)Cc1ccc(Oc2cc(F)cc(Br)c2)c(C)c1. The fourth-order valence-corrected chi connectivity index (χ4v) is 2.56. The van der Waals surface area contributed by atoms with Crippen molar-refractivity contribution in [3.63, 3.8) is 0 Å². The van der Waals surface area contributed by atoms with Gasteiger partial charge in [0.1, 0.15) is 17.3 Å². The predicted octanol–water partition coefficient (Wildman–Crippen LogP) is 4.97. The number of aryl methyl sites for hydroxylation is 1. The zero-order valence-corrected chi connectivity index (χ0v) is 13.8. The highest BCUT2D eigenvalue weighted by Crippen LogP contribution is 2.29. The van der Waals surface area contributed by atoms with Crippen molar-refractivity contribution in [1.29, 1.82) is 0 Å². The number of ether oxygens (including phenoxy) is 1. The van der Waals surface area contributed by atoms with E-state index in [2.05, 4.69) is 28.9 Å². The Balaban J connectivity index is 2.17. The van der Waals surface area contributed by atoms with Crippen molar-refractivity contribution in [2.24, 2.45) is 5.73 Å². The van der Waals surface area contributed by atoms with E-state index in [-0.39, 0.29) is 11.9 Å². The number of rotatable bonds is 5. The number of nitrogens with two attached hydrogens (primary N) is 1. The van der Waals surface area contributed by atoms with E-state index in [1.54, 1.807) is 6.07 Å². The molecule has 0 aliphatic carbocycles. The second-order valence-corrected chi connectivity index (χ2v) is 6.10. The van der Waals surface area contributed by atoms with Crippen LogP contribution in [0.2, 0.25) is 0 Å². The molecule has 2 aromatic rings. The zero-order valence-electron chi connectivity index (χ0n) is 12.2. The van der Waals surface area contributed by atoms with E-state index in [0.717, 1.165) is 24.2 Å². The van der Waals surface area contributed by atoms with Crippen LogP contribution in [0.15, 0.2) is 40.9 Å². The average molecular weight is 352 g/mol. The molecular formula is C17H19BrFNO. The van der Waals surface area contributed by atoms with Gasteiger partial charge in [-0.25, -0.2) is 4.39 Å².